The Bertz CT molecular complexity index is 1220. The Balaban J connectivity index is 1.81. The van der Waals surface area contributed by atoms with Crippen LogP contribution in [0.1, 0.15) is 5.01 Å². The van der Waals surface area contributed by atoms with Crippen molar-refractivity contribution < 1.29 is 8.42 Å². The highest BCUT2D eigenvalue weighted by Gasteiger charge is 2.16. The molecule has 0 aliphatic carbocycles. The van der Waals surface area contributed by atoms with Crippen molar-refractivity contribution in [2.45, 2.75) is 11.8 Å². The lowest BCUT2D eigenvalue weighted by Crippen LogP contribution is -2.23. The van der Waals surface area contributed by atoms with Gasteiger partial charge in [-0.05, 0) is 31.2 Å². The molecule has 27 heavy (non-hydrogen) atoms. The van der Waals surface area contributed by atoms with Crippen LogP contribution in [0.2, 0.25) is 0 Å². The van der Waals surface area contributed by atoms with E-state index in [0.29, 0.717) is 5.01 Å². The normalized spacial score (nSPS) is 11.7. The van der Waals surface area contributed by atoms with Crippen LogP contribution in [0.15, 0.2) is 49.0 Å². The van der Waals surface area contributed by atoms with Gasteiger partial charge in [0.25, 0.3) is 15.6 Å². The molecule has 3 rings (SSSR count). The number of rotatable bonds is 5. The third kappa shape index (κ3) is 4.24. The lowest BCUT2D eigenvalue weighted by molar-refractivity contribution is 0.601. The Hall–Kier alpha value is -3.39. The maximum atomic E-state index is 12.3. The van der Waals surface area contributed by atoms with Crippen LogP contribution in [-0.4, -0.2) is 28.6 Å². The first-order valence-corrected chi connectivity index (χ1v) is 9.51. The second kappa shape index (κ2) is 7.08. The van der Waals surface area contributed by atoms with Gasteiger partial charge in [-0.1, -0.05) is 11.3 Å². The molecule has 0 spiro atoms. The van der Waals surface area contributed by atoms with Crippen molar-refractivity contribution in [3.8, 4) is 0 Å². The maximum absolute atomic E-state index is 12.3. The highest BCUT2D eigenvalue weighted by atomic mass is 32.2. The largest absolute Gasteiger partial charge is 0.383 e. The molecule has 2 aromatic heterocycles. The van der Waals surface area contributed by atoms with E-state index in [2.05, 4.69) is 30.1 Å². The van der Waals surface area contributed by atoms with Crippen molar-refractivity contribution in [3.05, 3.63) is 50.1 Å². The number of benzene rings is 1. The number of nitrogens with zero attached hydrogens (tertiary/aromatic N) is 4. The second-order valence-electron chi connectivity index (χ2n) is 5.10. The van der Waals surface area contributed by atoms with E-state index >= 15 is 0 Å². The third-order valence-corrected chi connectivity index (χ3v) is 5.34. The van der Waals surface area contributed by atoms with Gasteiger partial charge in [-0.3, -0.25) is 19.5 Å². The number of hydrogen-bond acceptors (Lipinski definition) is 10. The minimum Gasteiger partial charge on any atom is -0.383 e. The molecule has 0 aliphatic heterocycles. The molecule has 0 saturated carbocycles. The van der Waals surface area contributed by atoms with Crippen LogP contribution in [-0.2, 0) is 10.0 Å². The lowest BCUT2D eigenvalue weighted by atomic mass is 10.3. The van der Waals surface area contributed by atoms with Gasteiger partial charge in [-0.15, -0.1) is 15.3 Å². The predicted octanol–water partition coefficient (Wildman–Crippen LogP) is 1.02. The summed E-state index contributed by atoms with van der Waals surface area (Å²) in [4.78, 5) is 26.8. The molecule has 0 amide bonds. The van der Waals surface area contributed by atoms with E-state index in [1.807, 2.05) is 4.98 Å². The molecule has 140 valence electrons. The van der Waals surface area contributed by atoms with Crippen LogP contribution in [0.4, 0.5) is 22.3 Å². The van der Waals surface area contributed by atoms with Gasteiger partial charge in [0, 0.05) is 0 Å². The highest BCUT2D eigenvalue weighted by molar-refractivity contribution is 7.93. The van der Waals surface area contributed by atoms with Gasteiger partial charge >= 0.3 is 5.69 Å². The molecule has 0 unspecified atom stereocenters. The number of H-pyrrole nitrogens is 2. The molecule has 12 nitrogen and oxygen atoms in total. The van der Waals surface area contributed by atoms with Gasteiger partial charge in [0.1, 0.15) is 10.8 Å². The van der Waals surface area contributed by atoms with Crippen LogP contribution < -0.4 is 21.7 Å². The molecule has 0 bridgehead atoms. The molecule has 2 heterocycles. The van der Waals surface area contributed by atoms with Gasteiger partial charge in [0.05, 0.1) is 10.6 Å². The molecular formula is C13H12N8O4S2. The standard InChI is InChI=1S/C13H12N8O4S2/c1-6-17-20-13(26-6)21-27(24,25)8-4-2-7(3-5-8)18-19-9-10(14)15-12(23)16-11(9)22/h2-5H,1H3,(H,20,21)(H4,14,15,16,22,23). The summed E-state index contributed by atoms with van der Waals surface area (Å²) in [5, 5.41) is 15.7. The number of anilines is 2. The van der Waals surface area contributed by atoms with Crippen molar-refractivity contribution in [1.82, 2.24) is 20.2 Å². The lowest BCUT2D eigenvalue weighted by Gasteiger charge is -2.04. The summed E-state index contributed by atoms with van der Waals surface area (Å²) >= 11 is 1.11. The van der Waals surface area contributed by atoms with E-state index in [1.165, 1.54) is 24.3 Å². The zero-order valence-corrected chi connectivity index (χ0v) is 15.3. The van der Waals surface area contributed by atoms with Crippen molar-refractivity contribution >= 4 is 43.7 Å². The minimum absolute atomic E-state index is 0.0179. The summed E-state index contributed by atoms with van der Waals surface area (Å²) in [7, 11) is -3.83. The molecule has 0 saturated heterocycles. The van der Waals surface area contributed by atoms with Gasteiger partial charge in [-0.25, -0.2) is 13.2 Å². The van der Waals surface area contributed by atoms with Gasteiger partial charge in [-0.2, -0.15) is 5.11 Å². The van der Waals surface area contributed by atoms with E-state index in [4.69, 9.17) is 5.73 Å². The van der Waals surface area contributed by atoms with Crippen LogP contribution in [0.3, 0.4) is 0 Å². The first-order valence-electron chi connectivity index (χ1n) is 7.21. The Morgan fingerprint density at radius 2 is 1.81 bits per heavy atom. The SMILES string of the molecule is Cc1nnc(NS(=O)(=O)c2ccc(N=Nc3c(N)[nH]c(=O)[nH]c3=O)cc2)s1. The summed E-state index contributed by atoms with van der Waals surface area (Å²) in [5.74, 6) is -0.233. The summed E-state index contributed by atoms with van der Waals surface area (Å²) in [6.45, 7) is 1.70. The molecule has 0 atom stereocenters. The average molecular weight is 408 g/mol. The topological polar surface area (TPSA) is 188 Å². The highest BCUT2D eigenvalue weighted by Crippen LogP contribution is 2.23. The van der Waals surface area contributed by atoms with E-state index < -0.39 is 21.3 Å². The second-order valence-corrected chi connectivity index (χ2v) is 7.96. The van der Waals surface area contributed by atoms with Crippen LogP contribution in [0.25, 0.3) is 0 Å². The first-order chi connectivity index (χ1) is 12.7. The smallest absolute Gasteiger partial charge is 0.327 e. The Labute approximate surface area is 155 Å². The van der Waals surface area contributed by atoms with Crippen LogP contribution in [0.5, 0.6) is 0 Å². The zero-order chi connectivity index (χ0) is 19.6. The number of hydrogen-bond donors (Lipinski definition) is 4. The quantitative estimate of drug-likeness (QED) is 0.453. The van der Waals surface area contributed by atoms with E-state index in [-0.39, 0.29) is 27.2 Å². The fraction of sp³-hybridized carbons (Fsp3) is 0.0769. The number of nitrogen functional groups attached to an aromatic ring is 1. The number of nitrogens with two attached hydrogens (primary N) is 1. The molecule has 0 aliphatic rings. The molecule has 5 N–H and O–H groups in total. The first kappa shape index (κ1) is 18.4. The van der Waals surface area contributed by atoms with Crippen LogP contribution >= 0.6 is 11.3 Å². The maximum Gasteiger partial charge on any atom is 0.327 e. The Morgan fingerprint density at radius 1 is 1.11 bits per heavy atom. The van der Waals surface area contributed by atoms with Crippen LogP contribution in [0, 0.1) is 6.92 Å². The number of aromatic amines is 2. The van der Waals surface area contributed by atoms with E-state index in [9.17, 15) is 18.0 Å². The van der Waals surface area contributed by atoms with E-state index in [0.717, 1.165) is 11.3 Å². The van der Waals surface area contributed by atoms with Gasteiger partial charge in [0.15, 0.2) is 5.69 Å². The number of nitrogens with one attached hydrogen (secondary N) is 3. The number of aromatic nitrogens is 4. The van der Waals surface area contributed by atoms with Crippen molar-refractivity contribution in [2.24, 2.45) is 10.2 Å². The number of azo groups is 1. The van der Waals surface area contributed by atoms with Gasteiger partial charge < -0.3 is 5.73 Å². The zero-order valence-electron chi connectivity index (χ0n) is 13.6. The predicted molar refractivity (Wildman–Crippen MR) is 98.2 cm³/mol. The fourth-order valence-corrected chi connectivity index (χ4v) is 3.73. The summed E-state index contributed by atoms with van der Waals surface area (Å²) in [5.41, 5.74) is 3.96. The molecule has 0 fully saturated rings. The Morgan fingerprint density at radius 3 is 2.41 bits per heavy atom. The van der Waals surface area contributed by atoms with E-state index in [1.54, 1.807) is 6.92 Å². The summed E-state index contributed by atoms with van der Waals surface area (Å²) < 4.78 is 26.9. The van der Waals surface area contributed by atoms with Crippen molar-refractivity contribution in [3.63, 3.8) is 0 Å². The summed E-state index contributed by atoms with van der Waals surface area (Å²) in [6, 6.07) is 5.40. The monoisotopic (exact) mass is 408 g/mol. The molecule has 14 heteroatoms. The molecule has 1 aromatic carbocycles. The van der Waals surface area contributed by atoms with Crippen molar-refractivity contribution in [2.75, 3.05) is 10.5 Å². The summed E-state index contributed by atoms with van der Waals surface area (Å²) in [6.07, 6.45) is 0. The van der Waals surface area contributed by atoms with Crippen molar-refractivity contribution in [1.29, 1.82) is 0 Å². The van der Waals surface area contributed by atoms with Gasteiger partial charge in [0.2, 0.25) is 5.13 Å². The Kier molecular flexibility index (Phi) is 4.83. The number of sulfonamides is 1. The number of aryl methyl sites for hydroxylation is 1. The minimum atomic E-state index is -3.83. The molecular weight excluding hydrogens is 396 g/mol. The fourth-order valence-electron chi connectivity index (χ4n) is 1.91. The average Bonchev–Trinajstić information content (AvgIpc) is 2.98. The molecule has 3 aromatic rings. The third-order valence-electron chi connectivity index (χ3n) is 3.11. The molecule has 0 radical (unpaired) electrons.